The topological polar surface area (TPSA) is 76.7 Å². The lowest BCUT2D eigenvalue weighted by Gasteiger charge is -2.34. The third-order valence-corrected chi connectivity index (χ3v) is 4.59. The first-order valence-corrected chi connectivity index (χ1v) is 8.08. The molecule has 2 aliphatic heterocycles. The normalized spacial score (nSPS) is 20.6. The lowest BCUT2D eigenvalue weighted by Crippen LogP contribution is -2.58. The van der Waals surface area contributed by atoms with Crippen LogP contribution in [0.15, 0.2) is 36.4 Å². The van der Waals surface area contributed by atoms with Gasteiger partial charge in [-0.2, -0.15) is 0 Å². The summed E-state index contributed by atoms with van der Waals surface area (Å²) in [6, 6.07) is 10.9. The molecule has 2 aromatic carbocycles. The molecule has 2 amide bonds. The van der Waals surface area contributed by atoms with E-state index < -0.39 is 5.54 Å². The van der Waals surface area contributed by atoms with E-state index in [9.17, 15) is 9.59 Å². The van der Waals surface area contributed by atoms with Crippen LogP contribution in [0.25, 0.3) is 0 Å². The summed E-state index contributed by atoms with van der Waals surface area (Å²) in [6.07, 6.45) is 0.377. The Morgan fingerprint density at radius 3 is 2.56 bits per heavy atom. The van der Waals surface area contributed by atoms with Gasteiger partial charge in [0.25, 0.3) is 5.91 Å². The molecular weight excluding hydrogens is 320 g/mol. The Morgan fingerprint density at radius 1 is 1.16 bits per heavy atom. The fraction of sp³-hybridized carbons (Fsp3) is 0.263. The van der Waals surface area contributed by atoms with Crippen molar-refractivity contribution in [3.05, 3.63) is 53.1 Å². The van der Waals surface area contributed by atoms with Crippen LogP contribution in [0, 0.1) is 6.92 Å². The number of fused-ring (bicyclic) bond motifs is 2. The minimum absolute atomic E-state index is 0.174. The molecule has 0 bridgehead atoms. The largest absolute Gasteiger partial charge is 0.454 e. The molecular formula is C19H18N2O4. The molecule has 0 saturated heterocycles. The number of carbonyl (C=O) groups excluding carboxylic acids is 2. The molecule has 1 atom stereocenters. The average Bonchev–Trinajstić information content (AvgIpc) is 3.01. The number of benzene rings is 2. The summed E-state index contributed by atoms with van der Waals surface area (Å²) >= 11 is 0. The Bertz CT molecular complexity index is 876. The zero-order chi connectivity index (χ0) is 17.6. The molecule has 0 spiro atoms. The first-order valence-electron chi connectivity index (χ1n) is 8.08. The lowest BCUT2D eigenvalue weighted by atomic mass is 9.86. The molecule has 2 heterocycles. The van der Waals surface area contributed by atoms with Gasteiger partial charge in [-0.05, 0) is 37.6 Å². The number of amides is 2. The molecule has 4 rings (SSSR count). The van der Waals surface area contributed by atoms with Crippen molar-refractivity contribution in [1.29, 1.82) is 0 Å². The van der Waals surface area contributed by atoms with E-state index in [0.717, 1.165) is 11.1 Å². The number of carbonyl (C=O) groups is 2. The Balaban J connectivity index is 1.60. The highest BCUT2D eigenvalue weighted by molar-refractivity contribution is 6.05. The van der Waals surface area contributed by atoms with Crippen molar-refractivity contribution in [3.63, 3.8) is 0 Å². The van der Waals surface area contributed by atoms with Crippen molar-refractivity contribution in [2.45, 2.75) is 25.8 Å². The van der Waals surface area contributed by atoms with E-state index in [1.54, 1.807) is 25.1 Å². The minimum atomic E-state index is -1.04. The van der Waals surface area contributed by atoms with E-state index >= 15 is 0 Å². The maximum atomic E-state index is 12.6. The van der Waals surface area contributed by atoms with E-state index in [-0.39, 0.29) is 18.6 Å². The third-order valence-electron chi connectivity index (χ3n) is 4.59. The summed E-state index contributed by atoms with van der Waals surface area (Å²) in [6.45, 7) is 3.86. The standard InChI is InChI=1S/C19H18N2O4/c1-11-3-5-12(6-4-11)17(22)21-19(2)9-13-7-15-16(25-10-24-15)8-14(13)20-18(19)23/h3-8H,9-10H2,1-2H3,(H,20,23)(H,21,22)/t19-/m1/s1. The second-order valence-electron chi connectivity index (χ2n) is 6.65. The average molecular weight is 338 g/mol. The van der Waals surface area contributed by atoms with Crippen molar-refractivity contribution in [2.75, 3.05) is 12.1 Å². The van der Waals surface area contributed by atoms with E-state index in [1.165, 1.54) is 0 Å². The van der Waals surface area contributed by atoms with Gasteiger partial charge in [-0.25, -0.2) is 0 Å². The number of rotatable bonds is 2. The summed E-state index contributed by atoms with van der Waals surface area (Å²) in [4.78, 5) is 25.1. The van der Waals surface area contributed by atoms with Crippen LogP contribution < -0.4 is 20.1 Å². The molecule has 0 radical (unpaired) electrons. The van der Waals surface area contributed by atoms with Crippen LogP contribution in [0.1, 0.15) is 28.4 Å². The third kappa shape index (κ3) is 2.69. The first-order chi connectivity index (χ1) is 11.9. The van der Waals surface area contributed by atoms with E-state index in [4.69, 9.17) is 9.47 Å². The summed E-state index contributed by atoms with van der Waals surface area (Å²) in [5.74, 6) is 0.745. The van der Waals surface area contributed by atoms with Gasteiger partial charge in [-0.1, -0.05) is 17.7 Å². The number of hydrogen-bond donors (Lipinski definition) is 2. The number of hydrogen-bond acceptors (Lipinski definition) is 4. The first kappa shape index (κ1) is 15.5. The smallest absolute Gasteiger partial charge is 0.252 e. The van der Waals surface area contributed by atoms with Crippen molar-refractivity contribution in [1.82, 2.24) is 5.32 Å². The van der Waals surface area contributed by atoms with Crippen LogP contribution in [0.5, 0.6) is 11.5 Å². The van der Waals surface area contributed by atoms with E-state index in [0.29, 0.717) is 29.2 Å². The minimum Gasteiger partial charge on any atom is -0.454 e. The molecule has 0 aliphatic carbocycles. The zero-order valence-electron chi connectivity index (χ0n) is 14.0. The number of aryl methyl sites for hydroxylation is 1. The predicted octanol–water partition coefficient (Wildman–Crippen LogP) is 2.41. The molecule has 0 fully saturated rings. The van der Waals surface area contributed by atoms with Crippen molar-refractivity contribution >= 4 is 17.5 Å². The van der Waals surface area contributed by atoms with Gasteiger partial charge < -0.3 is 20.1 Å². The van der Waals surface area contributed by atoms with Crippen molar-refractivity contribution < 1.29 is 19.1 Å². The summed E-state index contributed by atoms with van der Waals surface area (Å²) < 4.78 is 10.7. The molecule has 6 heteroatoms. The zero-order valence-corrected chi connectivity index (χ0v) is 14.0. The Kier molecular flexibility index (Phi) is 3.42. The van der Waals surface area contributed by atoms with Gasteiger partial charge in [0.2, 0.25) is 12.7 Å². The van der Waals surface area contributed by atoms with Crippen LogP contribution >= 0.6 is 0 Å². The van der Waals surface area contributed by atoms with Gasteiger partial charge in [0, 0.05) is 23.7 Å². The number of nitrogens with one attached hydrogen (secondary N) is 2. The predicted molar refractivity (Wildman–Crippen MR) is 91.9 cm³/mol. The van der Waals surface area contributed by atoms with Gasteiger partial charge in [0.05, 0.1) is 0 Å². The lowest BCUT2D eigenvalue weighted by molar-refractivity contribution is -0.121. The van der Waals surface area contributed by atoms with Gasteiger partial charge >= 0.3 is 0 Å². The maximum Gasteiger partial charge on any atom is 0.252 e. The molecule has 0 aromatic heterocycles. The highest BCUT2D eigenvalue weighted by Crippen LogP contribution is 2.40. The summed E-state index contributed by atoms with van der Waals surface area (Å²) in [7, 11) is 0. The number of ether oxygens (including phenoxy) is 2. The van der Waals surface area contributed by atoms with Crippen LogP contribution in [0.4, 0.5) is 5.69 Å². The molecule has 6 nitrogen and oxygen atoms in total. The van der Waals surface area contributed by atoms with E-state index in [2.05, 4.69) is 10.6 Å². The molecule has 25 heavy (non-hydrogen) atoms. The number of anilines is 1. The molecule has 2 N–H and O–H groups in total. The monoisotopic (exact) mass is 338 g/mol. The SMILES string of the molecule is Cc1ccc(C(=O)N[C@]2(C)Cc3cc4c(cc3NC2=O)OCO4)cc1. The van der Waals surface area contributed by atoms with Crippen molar-refractivity contribution in [2.24, 2.45) is 0 Å². The molecule has 0 saturated carbocycles. The fourth-order valence-electron chi connectivity index (χ4n) is 3.10. The van der Waals surface area contributed by atoms with Gasteiger partial charge in [0.1, 0.15) is 5.54 Å². The van der Waals surface area contributed by atoms with Crippen LogP contribution in [-0.4, -0.2) is 24.1 Å². The van der Waals surface area contributed by atoms with Crippen LogP contribution in [-0.2, 0) is 11.2 Å². The fourth-order valence-corrected chi connectivity index (χ4v) is 3.10. The van der Waals surface area contributed by atoms with Crippen LogP contribution in [0.2, 0.25) is 0 Å². The Labute approximate surface area is 145 Å². The molecule has 2 aromatic rings. The highest BCUT2D eigenvalue weighted by atomic mass is 16.7. The molecule has 128 valence electrons. The Hall–Kier alpha value is -3.02. The maximum absolute atomic E-state index is 12.6. The second-order valence-corrected chi connectivity index (χ2v) is 6.65. The highest BCUT2D eigenvalue weighted by Gasteiger charge is 2.40. The van der Waals surface area contributed by atoms with Crippen LogP contribution in [0.3, 0.4) is 0 Å². The van der Waals surface area contributed by atoms with Gasteiger partial charge in [-0.3, -0.25) is 9.59 Å². The summed E-state index contributed by atoms with van der Waals surface area (Å²) in [5, 5.41) is 5.72. The second kappa shape index (κ2) is 5.51. The van der Waals surface area contributed by atoms with Gasteiger partial charge in [-0.15, -0.1) is 0 Å². The Morgan fingerprint density at radius 2 is 1.84 bits per heavy atom. The molecule has 0 unspecified atom stereocenters. The van der Waals surface area contributed by atoms with Crippen molar-refractivity contribution in [3.8, 4) is 11.5 Å². The van der Waals surface area contributed by atoms with Gasteiger partial charge in [0.15, 0.2) is 11.5 Å². The molecule has 2 aliphatic rings. The van der Waals surface area contributed by atoms with E-state index in [1.807, 2.05) is 25.1 Å². The summed E-state index contributed by atoms with van der Waals surface area (Å²) in [5.41, 5.74) is 2.15. The quantitative estimate of drug-likeness (QED) is 0.882.